The summed E-state index contributed by atoms with van der Waals surface area (Å²) in [4.78, 5) is 22.3. The van der Waals surface area contributed by atoms with E-state index in [-0.39, 0.29) is 16.8 Å². The van der Waals surface area contributed by atoms with E-state index in [2.05, 4.69) is 6.58 Å². The van der Waals surface area contributed by atoms with Gasteiger partial charge in [-0.05, 0) is 12.1 Å². The van der Waals surface area contributed by atoms with Gasteiger partial charge in [-0.1, -0.05) is 18.7 Å². The van der Waals surface area contributed by atoms with Crippen LogP contribution in [0.1, 0.15) is 5.76 Å². The van der Waals surface area contributed by atoms with Gasteiger partial charge in [0.1, 0.15) is 11.3 Å². The molecule has 0 radical (unpaired) electrons. The molecule has 0 fully saturated rings. The Hall–Kier alpha value is -2.36. The highest BCUT2D eigenvalue weighted by Crippen LogP contribution is 2.16. The van der Waals surface area contributed by atoms with Crippen LogP contribution in [0.5, 0.6) is 0 Å². The van der Waals surface area contributed by atoms with Gasteiger partial charge in [0, 0.05) is 6.07 Å². The van der Waals surface area contributed by atoms with Crippen molar-refractivity contribution in [1.82, 2.24) is 0 Å². The maximum Gasteiger partial charge on any atom is 0.338 e. The summed E-state index contributed by atoms with van der Waals surface area (Å²) in [5.41, 5.74) is -0.158. The molecule has 0 amide bonds. The van der Waals surface area contributed by atoms with Crippen molar-refractivity contribution in [1.29, 1.82) is 0 Å². The molecule has 2 rings (SSSR count). The average molecular weight is 216 g/mol. The van der Waals surface area contributed by atoms with E-state index >= 15 is 0 Å². The second-order valence-corrected chi connectivity index (χ2v) is 3.25. The van der Waals surface area contributed by atoms with Crippen LogP contribution < -0.4 is 5.43 Å². The number of para-hydroxylation sites is 1. The third-order valence-electron chi connectivity index (χ3n) is 2.19. The summed E-state index contributed by atoms with van der Waals surface area (Å²) in [6, 6.07) is 7.78. The van der Waals surface area contributed by atoms with Crippen LogP contribution in [0.4, 0.5) is 0 Å². The van der Waals surface area contributed by atoms with E-state index in [9.17, 15) is 9.59 Å². The Labute approximate surface area is 90.4 Å². The summed E-state index contributed by atoms with van der Waals surface area (Å²) in [5.74, 6) is -1.23. The molecule has 0 saturated carbocycles. The smallest absolute Gasteiger partial charge is 0.338 e. The Kier molecular flexibility index (Phi) is 2.32. The Morgan fingerprint density at radius 1 is 1.31 bits per heavy atom. The van der Waals surface area contributed by atoms with E-state index in [0.29, 0.717) is 11.0 Å². The molecule has 0 saturated heterocycles. The first kappa shape index (κ1) is 10.2. The minimum atomic E-state index is -1.21. The molecule has 0 spiro atoms. The van der Waals surface area contributed by atoms with Gasteiger partial charge >= 0.3 is 5.97 Å². The van der Waals surface area contributed by atoms with Crippen LogP contribution in [0.3, 0.4) is 0 Å². The molecule has 2 aromatic rings. The van der Waals surface area contributed by atoms with Crippen molar-refractivity contribution in [2.24, 2.45) is 0 Å². The van der Waals surface area contributed by atoms with Gasteiger partial charge in [-0.15, -0.1) is 0 Å². The first-order valence-electron chi connectivity index (χ1n) is 4.55. The van der Waals surface area contributed by atoms with Crippen LogP contribution in [-0.4, -0.2) is 11.1 Å². The van der Waals surface area contributed by atoms with E-state index in [1.54, 1.807) is 24.3 Å². The predicted molar refractivity (Wildman–Crippen MR) is 59.2 cm³/mol. The van der Waals surface area contributed by atoms with Crippen molar-refractivity contribution in [3.8, 4) is 0 Å². The second-order valence-electron chi connectivity index (χ2n) is 3.25. The maximum atomic E-state index is 11.6. The fourth-order valence-electron chi connectivity index (χ4n) is 1.36. The first-order valence-corrected chi connectivity index (χ1v) is 4.55. The van der Waals surface area contributed by atoms with E-state index in [1.807, 2.05) is 0 Å². The zero-order valence-electron chi connectivity index (χ0n) is 8.27. The largest absolute Gasteiger partial charge is 0.478 e. The van der Waals surface area contributed by atoms with Crippen molar-refractivity contribution in [3.63, 3.8) is 0 Å². The molecule has 0 aliphatic heterocycles. The first-order chi connectivity index (χ1) is 7.59. The number of carboxylic acids is 1. The molecule has 1 heterocycles. The van der Waals surface area contributed by atoms with E-state index in [0.717, 1.165) is 6.07 Å². The lowest BCUT2D eigenvalue weighted by atomic mass is 10.1. The Morgan fingerprint density at radius 3 is 2.69 bits per heavy atom. The van der Waals surface area contributed by atoms with Gasteiger partial charge in [0.15, 0.2) is 5.43 Å². The molecule has 0 bridgehead atoms. The number of aliphatic carboxylic acids is 1. The Bertz CT molecular complexity index is 637. The van der Waals surface area contributed by atoms with E-state index < -0.39 is 5.97 Å². The lowest BCUT2D eigenvalue weighted by molar-refractivity contribution is -0.130. The fraction of sp³-hybridized carbons (Fsp3) is 0. The molecular formula is C12H8O4. The molecule has 1 N–H and O–H groups in total. The van der Waals surface area contributed by atoms with Gasteiger partial charge in [0.2, 0.25) is 0 Å². The van der Waals surface area contributed by atoms with Gasteiger partial charge in [0.05, 0.1) is 11.0 Å². The molecule has 0 aliphatic rings. The summed E-state index contributed by atoms with van der Waals surface area (Å²) >= 11 is 0. The Morgan fingerprint density at radius 2 is 2.00 bits per heavy atom. The van der Waals surface area contributed by atoms with Gasteiger partial charge in [-0.3, -0.25) is 4.79 Å². The highest BCUT2D eigenvalue weighted by Gasteiger charge is 2.12. The normalized spacial score (nSPS) is 10.2. The molecule has 16 heavy (non-hydrogen) atoms. The molecule has 80 valence electrons. The lowest BCUT2D eigenvalue weighted by Gasteiger charge is -2.01. The van der Waals surface area contributed by atoms with Crippen LogP contribution in [0, 0.1) is 0 Å². The van der Waals surface area contributed by atoms with Crippen LogP contribution in [0.25, 0.3) is 16.5 Å². The number of fused-ring (bicyclic) bond motifs is 1. The van der Waals surface area contributed by atoms with Gasteiger partial charge in [-0.25, -0.2) is 4.79 Å². The Balaban J connectivity index is 2.72. The van der Waals surface area contributed by atoms with Crippen molar-refractivity contribution in [3.05, 3.63) is 52.9 Å². The molecule has 0 unspecified atom stereocenters. The van der Waals surface area contributed by atoms with Crippen LogP contribution in [0.15, 0.2) is 46.1 Å². The van der Waals surface area contributed by atoms with Crippen molar-refractivity contribution in [2.45, 2.75) is 0 Å². The monoisotopic (exact) mass is 216 g/mol. The molecule has 1 aromatic carbocycles. The van der Waals surface area contributed by atoms with Gasteiger partial charge in [-0.2, -0.15) is 0 Å². The number of hydrogen-bond acceptors (Lipinski definition) is 3. The molecule has 4 heteroatoms. The topological polar surface area (TPSA) is 67.5 Å². The number of hydrogen-bond donors (Lipinski definition) is 1. The van der Waals surface area contributed by atoms with Crippen molar-refractivity contribution in [2.75, 3.05) is 0 Å². The highest BCUT2D eigenvalue weighted by molar-refractivity contribution is 6.13. The molecule has 1 aromatic heterocycles. The number of rotatable bonds is 2. The second kappa shape index (κ2) is 3.66. The average Bonchev–Trinajstić information content (AvgIpc) is 2.28. The lowest BCUT2D eigenvalue weighted by Crippen LogP contribution is -2.05. The molecule has 0 atom stereocenters. The minimum absolute atomic E-state index is 0.0174. The predicted octanol–water partition coefficient (Wildman–Crippen LogP) is 1.89. The van der Waals surface area contributed by atoms with Crippen molar-refractivity contribution >= 4 is 22.5 Å². The highest BCUT2D eigenvalue weighted by atomic mass is 16.4. The summed E-state index contributed by atoms with van der Waals surface area (Å²) in [6.07, 6.45) is 0. The van der Waals surface area contributed by atoms with Gasteiger partial charge in [0.25, 0.3) is 0 Å². The standard InChI is InChI=1S/C12H8O4/c1-7(12(14)15)11-6-9(13)8-4-2-3-5-10(8)16-11/h2-6H,1H2,(H,14,15). The number of benzene rings is 1. The number of carbonyl (C=O) groups is 1. The summed E-state index contributed by atoms with van der Waals surface area (Å²) in [7, 11) is 0. The minimum Gasteiger partial charge on any atom is -0.478 e. The van der Waals surface area contributed by atoms with Gasteiger partial charge < -0.3 is 9.52 Å². The molecule has 0 aliphatic carbocycles. The zero-order valence-corrected chi connectivity index (χ0v) is 8.27. The van der Waals surface area contributed by atoms with E-state index in [4.69, 9.17) is 9.52 Å². The quantitative estimate of drug-likeness (QED) is 0.778. The summed E-state index contributed by atoms with van der Waals surface area (Å²) < 4.78 is 5.29. The third kappa shape index (κ3) is 1.61. The summed E-state index contributed by atoms with van der Waals surface area (Å²) in [6.45, 7) is 3.34. The van der Waals surface area contributed by atoms with E-state index in [1.165, 1.54) is 0 Å². The van der Waals surface area contributed by atoms with Crippen LogP contribution >= 0.6 is 0 Å². The SMILES string of the molecule is C=C(C(=O)O)c1cc(=O)c2ccccc2o1. The molecule has 4 nitrogen and oxygen atoms in total. The molecular weight excluding hydrogens is 208 g/mol. The number of carboxylic acid groups (broad SMARTS) is 1. The van der Waals surface area contributed by atoms with Crippen molar-refractivity contribution < 1.29 is 14.3 Å². The van der Waals surface area contributed by atoms with Crippen LogP contribution in [-0.2, 0) is 4.79 Å². The maximum absolute atomic E-state index is 11.6. The van der Waals surface area contributed by atoms with Crippen LogP contribution in [0.2, 0.25) is 0 Å². The fourth-order valence-corrected chi connectivity index (χ4v) is 1.36. The zero-order chi connectivity index (χ0) is 11.7. The third-order valence-corrected chi connectivity index (χ3v) is 2.19. The summed E-state index contributed by atoms with van der Waals surface area (Å²) in [5, 5.41) is 9.16.